The topological polar surface area (TPSA) is 42.3 Å². The van der Waals surface area contributed by atoms with E-state index in [4.69, 9.17) is 10.3 Å². The molecule has 3 heteroatoms. The van der Waals surface area contributed by atoms with Crippen LogP contribution in [0.3, 0.4) is 0 Å². The molecule has 0 bridgehead atoms. The molecule has 0 amide bonds. The number of hydrogen-bond donors (Lipinski definition) is 1. The zero-order valence-corrected chi connectivity index (χ0v) is 7.83. The molecule has 1 aromatic rings. The van der Waals surface area contributed by atoms with Crippen molar-refractivity contribution in [1.29, 1.82) is 5.41 Å². The quantitative estimate of drug-likeness (QED) is 0.335. The lowest BCUT2D eigenvalue weighted by Gasteiger charge is -2.04. The van der Waals surface area contributed by atoms with Gasteiger partial charge in [-0.25, -0.2) is 0 Å². The number of rotatable bonds is 3. The summed E-state index contributed by atoms with van der Waals surface area (Å²) in [6, 6.07) is 7.54. The predicted octanol–water partition coefficient (Wildman–Crippen LogP) is 2.29. The van der Waals surface area contributed by atoms with Gasteiger partial charge in [0.25, 0.3) is 5.90 Å². The zero-order valence-electron chi connectivity index (χ0n) is 7.83. The van der Waals surface area contributed by atoms with Gasteiger partial charge in [0.2, 0.25) is 0 Å². The molecule has 1 N–H and O–H groups in total. The summed E-state index contributed by atoms with van der Waals surface area (Å²) in [5, 5.41) is 7.48. The highest BCUT2D eigenvalue weighted by Gasteiger charge is 2.02. The van der Waals surface area contributed by atoms with Crippen LogP contribution in [0, 0.1) is 12.3 Å². The van der Waals surface area contributed by atoms with Crippen LogP contribution in [0.2, 0.25) is 0 Å². The van der Waals surface area contributed by atoms with Gasteiger partial charge >= 0.3 is 0 Å². The highest BCUT2D eigenvalue weighted by atomic mass is 17.2. The molecule has 0 spiro atoms. The summed E-state index contributed by atoms with van der Waals surface area (Å²) in [5.74, 6) is 0.0468. The van der Waals surface area contributed by atoms with E-state index in [2.05, 4.69) is 4.89 Å². The largest absolute Gasteiger partial charge is 0.317 e. The standard InChI is InChI=1S/C10H13NO2/c1-3-12-13-10(11)9-6-4-5-8(2)7-9/h4-7,11H,3H2,1-2H3. The van der Waals surface area contributed by atoms with Gasteiger partial charge in [-0.05, 0) is 26.0 Å². The Bertz CT molecular complexity index is 297. The van der Waals surface area contributed by atoms with Gasteiger partial charge in [-0.1, -0.05) is 17.7 Å². The summed E-state index contributed by atoms with van der Waals surface area (Å²) in [5.41, 5.74) is 1.83. The maximum Gasteiger partial charge on any atom is 0.256 e. The summed E-state index contributed by atoms with van der Waals surface area (Å²) in [7, 11) is 0. The van der Waals surface area contributed by atoms with Crippen molar-refractivity contribution < 1.29 is 9.78 Å². The van der Waals surface area contributed by atoms with Gasteiger partial charge in [0.05, 0.1) is 6.61 Å². The van der Waals surface area contributed by atoms with Crippen LogP contribution in [-0.4, -0.2) is 12.5 Å². The van der Waals surface area contributed by atoms with Gasteiger partial charge in [-0.3, -0.25) is 5.41 Å². The number of nitrogens with one attached hydrogen (secondary N) is 1. The highest BCUT2D eigenvalue weighted by Crippen LogP contribution is 2.05. The molecular weight excluding hydrogens is 166 g/mol. The van der Waals surface area contributed by atoms with Crippen LogP contribution in [0.15, 0.2) is 24.3 Å². The summed E-state index contributed by atoms with van der Waals surface area (Å²) in [6.07, 6.45) is 0. The van der Waals surface area contributed by atoms with Gasteiger partial charge in [-0.15, -0.1) is 0 Å². The van der Waals surface area contributed by atoms with Gasteiger partial charge in [0.15, 0.2) is 0 Å². The minimum absolute atomic E-state index is 0.0468. The van der Waals surface area contributed by atoms with Crippen LogP contribution in [-0.2, 0) is 9.78 Å². The van der Waals surface area contributed by atoms with Crippen molar-refractivity contribution in [2.24, 2.45) is 0 Å². The fraction of sp³-hybridized carbons (Fsp3) is 0.300. The Morgan fingerprint density at radius 1 is 1.46 bits per heavy atom. The third-order valence-electron chi connectivity index (χ3n) is 1.54. The molecule has 0 atom stereocenters. The Morgan fingerprint density at radius 3 is 2.85 bits per heavy atom. The van der Waals surface area contributed by atoms with Gasteiger partial charge in [0, 0.05) is 5.56 Å². The molecule has 0 aliphatic carbocycles. The van der Waals surface area contributed by atoms with Gasteiger partial charge < -0.3 is 4.89 Å². The van der Waals surface area contributed by atoms with E-state index in [1.807, 2.05) is 38.1 Å². The van der Waals surface area contributed by atoms with E-state index in [0.717, 1.165) is 11.1 Å². The van der Waals surface area contributed by atoms with Crippen LogP contribution in [0.1, 0.15) is 18.1 Å². The Hall–Kier alpha value is -1.35. The highest BCUT2D eigenvalue weighted by molar-refractivity contribution is 5.91. The second kappa shape index (κ2) is 4.62. The Kier molecular flexibility index (Phi) is 3.46. The fourth-order valence-corrected chi connectivity index (χ4v) is 0.952. The van der Waals surface area contributed by atoms with Crippen molar-refractivity contribution >= 4 is 5.90 Å². The molecule has 0 radical (unpaired) electrons. The second-order valence-corrected chi connectivity index (χ2v) is 2.69. The number of benzene rings is 1. The van der Waals surface area contributed by atoms with E-state index < -0.39 is 0 Å². The monoisotopic (exact) mass is 179 g/mol. The molecule has 0 fully saturated rings. The van der Waals surface area contributed by atoms with Crippen LogP contribution >= 0.6 is 0 Å². The predicted molar refractivity (Wildman–Crippen MR) is 50.7 cm³/mol. The molecule has 3 nitrogen and oxygen atoms in total. The molecule has 0 heterocycles. The van der Waals surface area contributed by atoms with Crippen molar-refractivity contribution in [1.82, 2.24) is 0 Å². The van der Waals surface area contributed by atoms with Crippen LogP contribution in [0.4, 0.5) is 0 Å². The minimum atomic E-state index is 0.0468. The lowest BCUT2D eigenvalue weighted by atomic mass is 10.1. The van der Waals surface area contributed by atoms with Crippen LogP contribution in [0.5, 0.6) is 0 Å². The van der Waals surface area contributed by atoms with Crippen LogP contribution < -0.4 is 0 Å². The third kappa shape index (κ3) is 2.87. The minimum Gasteiger partial charge on any atom is -0.317 e. The maximum absolute atomic E-state index is 7.48. The Morgan fingerprint density at radius 2 is 2.23 bits per heavy atom. The Labute approximate surface area is 77.7 Å². The van der Waals surface area contributed by atoms with Crippen LogP contribution in [0.25, 0.3) is 0 Å². The SMILES string of the molecule is CCOOC(=N)c1cccc(C)c1. The normalized spacial score (nSPS) is 9.69. The molecule has 0 unspecified atom stereocenters. The third-order valence-corrected chi connectivity index (χ3v) is 1.54. The number of aryl methyl sites for hydroxylation is 1. The Balaban J connectivity index is 2.66. The molecule has 0 aromatic heterocycles. The lowest BCUT2D eigenvalue weighted by molar-refractivity contribution is -0.217. The first-order chi connectivity index (χ1) is 6.24. The summed E-state index contributed by atoms with van der Waals surface area (Å²) < 4.78 is 0. The molecular formula is C10H13NO2. The van der Waals surface area contributed by atoms with Crippen molar-refractivity contribution in [2.75, 3.05) is 6.61 Å². The fourth-order valence-electron chi connectivity index (χ4n) is 0.952. The average Bonchev–Trinajstić information content (AvgIpc) is 2.14. The first-order valence-electron chi connectivity index (χ1n) is 4.19. The van der Waals surface area contributed by atoms with E-state index >= 15 is 0 Å². The molecule has 70 valence electrons. The van der Waals surface area contributed by atoms with E-state index in [1.54, 1.807) is 0 Å². The lowest BCUT2D eigenvalue weighted by Crippen LogP contribution is -2.05. The van der Waals surface area contributed by atoms with Gasteiger partial charge in [0.1, 0.15) is 0 Å². The summed E-state index contributed by atoms with van der Waals surface area (Å²) in [6.45, 7) is 4.22. The summed E-state index contributed by atoms with van der Waals surface area (Å²) >= 11 is 0. The van der Waals surface area contributed by atoms with Crippen molar-refractivity contribution in [3.63, 3.8) is 0 Å². The van der Waals surface area contributed by atoms with Crippen molar-refractivity contribution in [3.8, 4) is 0 Å². The molecule has 0 aliphatic rings. The van der Waals surface area contributed by atoms with E-state index in [9.17, 15) is 0 Å². The molecule has 13 heavy (non-hydrogen) atoms. The summed E-state index contributed by atoms with van der Waals surface area (Å²) in [4.78, 5) is 9.38. The average molecular weight is 179 g/mol. The first-order valence-corrected chi connectivity index (χ1v) is 4.19. The first kappa shape index (κ1) is 9.74. The van der Waals surface area contributed by atoms with E-state index in [0.29, 0.717) is 6.61 Å². The molecule has 0 saturated carbocycles. The zero-order chi connectivity index (χ0) is 9.68. The van der Waals surface area contributed by atoms with Crippen molar-refractivity contribution in [3.05, 3.63) is 35.4 Å². The molecule has 0 aliphatic heterocycles. The maximum atomic E-state index is 7.48. The second-order valence-electron chi connectivity index (χ2n) is 2.69. The van der Waals surface area contributed by atoms with E-state index in [-0.39, 0.29) is 5.90 Å². The van der Waals surface area contributed by atoms with Crippen molar-refractivity contribution in [2.45, 2.75) is 13.8 Å². The molecule has 1 aromatic carbocycles. The number of hydrogen-bond acceptors (Lipinski definition) is 3. The molecule has 0 saturated heterocycles. The smallest absolute Gasteiger partial charge is 0.256 e. The van der Waals surface area contributed by atoms with Gasteiger partial charge in [-0.2, -0.15) is 4.89 Å². The molecule has 1 rings (SSSR count). The van der Waals surface area contributed by atoms with E-state index in [1.165, 1.54) is 0 Å².